The fourth-order valence-electron chi connectivity index (χ4n) is 1.24. The molecule has 5 heteroatoms. The molecule has 1 amide bonds. The van der Waals surface area contributed by atoms with Gasteiger partial charge in [-0.15, -0.1) is 0 Å². The Morgan fingerprint density at radius 3 is 2.29 bits per heavy atom. The van der Waals surface area contributed by atoms with E-state index >= 15 is 0 Å². The van der Waals surface area contributed by atoms with Gasteiger partial charge < -0.3 is 10.1 Å². The third-order valence-corrected chi connectivity index (χ3v) is 2.81. The average molecular weight is 347 g/mol. The SMILES string of the molecule is CC(C)[C@H](NC(=O)Oc1ccccc1)C(=O)I. The third-order valence-electron chi connectivity index (χ3n) is 2.14. The molecule has 4 nitrogen and oxygen atoms in total. The minimum absolute atomic E-state index is 0.0303. The summed E-state index contributed by atoms with van der Waals surface area (Å²) < 4.78 is 4.93. The molecule has 1 aromatic carbocycles. The van der Waals surface area contributed by atoms with Crippen molar-refractivity contribution in [1.29, 1.82) is 0 Å². The second kappa shape index (κ2) is 6.58. The highest BCUT2D eigenvalue weighted by atomic mass is 127. The second-order valence-corrected chi connectivity index (χ2v) is 4.94. The molecule has 0 radical (unpaired) electrons. The Balaban J connectivity index is 2.57. The highest BCUT2D eigenvalue weighted by Crippen LogP contribution is 2.10. The summed E-state index contributed by atoms with van der Waals surface area (Å²) in [7, 11) is 0. The fraction of sp³-hybridized carbons (Fsp3) is 0.333. The summed E-state index contributed by atoms with van der Waals surface area (Å²) in [4.78, 5) is 22.8. The molecule has 0 aliphatic carbocycles. The van der Waals surface area contributed by atoms with E-state index in [1.54, 1.807) is 46.9 Å². The number of hydrogen-bond donors (Lipinski definition) is 1. The molecule has 0 aliphatic heterocycles. The lowest BCUT2D eigenvalue weighted by Crippen LogP contribution is -2.43. The molecular formula is C12H14INO3. The molecule has 0 spiro atoms. The molecule has 0 heterocycles. The van der Waals surface area contributed by atoms with Gasteiger partial charge in [-0.3, -0.25) is 4.79 Å². The van der Waals surface area contributed by atoms with Crippen molar-refractivity contribution in [2.45, 2.75) is 19.9 Å². The molecular weight excluding hydrogens is 333 g/mol. The number of carbonyl (C=O) groups is 2. The van der Waals surface area contributed by atoms with Crippen molar-refractivity contribution in [3.8, 4) is 5.75 Å². The zero-order chi connectivity index (χ0) is 12.8. The Labute approximate surface area is 114 Å². The molecule has 0 fully saturated rings. The molecule has 1 atom stereocenters. The molecule has 1 N–H and O–H groups in total. The lowest BCUT2D eigenvalue weighted by atomic mass is 10.1. The fourth-order valence-corrected chi connectivity index (χ4v) is 2.11. The summed E-state index contributed by atoms with van der Waals surface area (Å²) in [5.74, 6) is 0.483. The maximum absolute atomic E-state index is 11.5. The molecule has 0 unspecified atom stereocenters. The predicted octanol–water partition coefficient (Wildman–Crippen LogP) is 2.76. The van der Waals surface area contributed by atoms with Crippen molar-refractivity contribution in [2.75, 3.05) is 0 Å². The van der Waals surface area contributed by atoms with Crippen LogP contribution in [0.3, 0.4) is 0 Å². The molecule has 1 aromatic rings. The Kier molecular flexibility index (Phi) is 5.40. The van der Waals surface area contributed by atoms with Gasteiger partial charge in [0, 0.05) is 22.6 Å². The number of nitrogens with one attached hydrogen (secondary N) is 1. The number of carbonyl (C=O) groups excluding carboxylic acids is 2. The van der Waals surface area contributed by atoms with Crippen LogP contribution in [0.25, 0.3) is 0 Å². The molecule has 92 valence electrons. The van der Waals surface area contributed by atoms with E-state index in [0.29, 0.717) is 5.75 Å². The van der Waals surface area contributed by atoms with E-state index in [9.17, 15) is 9.59 Å². The Bertz CT molecular complexity index is 392. The van der Waals surface area contributed by atoms with Crippen molar-refractivity contribution in [3.05, 3.63) is 30.3 Å². The van der Waals surface area contributed by atoms with E-state index in [1.165, 1.54) is 0 Å². The van der Waals surface area contributed by atoms with Crippen LogP contribution in [0.1, 0.15) is 13.8 Å². The van der Waals surface area contributed by atoms with Crippen molar-refractivity contribution in [3.63, 3.8) is 0 Å². The number of amides is 1. The number of halogens is 1. The van der Waals surface area contributed by atoms with E-state index in [-0.39, 0.29) is 9.71 Å². The van der Waals surface area contributed by atoms with Crippen LogP contribution >= 0.6 is 22.6 Å². The van der Waals surface area contributed by atoms with Crippen LogP contribution in [0.15, 0.2) is 30.3 Å². The topological polar surface area (TPSA) is 55.4 Å². The number of para-hydroxylation sites is 1. The number of hydrogen-bond acceptors (Lipinski definition) is 3. The van der Waals surface area contributed by atoms with Crippen LogP contribution in [0.4, 0.5) is 4.79 Å². The van der Waals surface area contributed by atoms with Crippen LogP contribution < -0.4 is 10.1 Å². The smallest absolute Gasteiger partial charge is 0.410 e. The van der Waals surface area contributed by atoms with Gasteiger partial charge in [0.15, 0.2) is 0 Å². The lowest BCUT2D eigenvalue weighted by molar-refractivity contribution is -0.111. The van der Waals surface area contributed by atoms with Crippen LogP contribution in [0, 0.1) is 5.92 Å². The zero-order valence-corrected chi connectivity index (χ0v) is 11.8. The van der Waals surface area contributed by atoms with Gasteiger partial charge in [-0.1, -0.05) is 32.0 Å². The summed E-state index contributed by atoms with van der Waals surface area (Å²) in [5, 5.41) is 2.55. The van der Waals surface area contributed by atoms with Gasteiger partial charge in [0.2, 0.25) is 3.79 Å². The Hall–Kier alpha value is -1.11. The van der Waals surface area contributed by atoms with Gasteiger partial charge in [0.1, 0.15) is 11.8 Å². The van der Waals surface area contributed by atoms with Crippen LogP contribution in [0.5, 0.6) is 5.75 Å². The molecule has 0 aliphatic rings. The van der Waals surface area contributed by atoms with E-state index in [1.807, 2.05) is 19.9 Å². The number of rotatable bonds is 4. The van der Waals surface area contributed by atoms with Gasteiger partial charge in [0.05, 0.1) is 0 Å². The van der Waals surface area contributed by atoms with Crippen molar-refractivity contribution < 1.29 is 14.3 Å². The van der Waals surface area contributed by atoms with Crippen LogP contribution in [-0.2, 0) is 4.79 Å². The first-order chi connectivity index (χ1) is 8.00. The number of benzene rings is 1. The van der Waals surface area contributed by atoms with E-state index < -0.39 is 12.1 Å². The largest absolute Gasteiger partial charge is 0.413 e. The minimum atomic E-state index is -0.611. The van der Waals surface area contributed by atoms with Crippen LogP contribution in [-0.4, -0.2) is 15.9 Å². The first-order valence-electron chi connectivity index (χ1n) is 5.23. The summed E-state index contributed by atoms with van der Waals surface area (Å²) in [5.41, 5.74) is 0. The Morgan fingerprint density at radius 2 is 1.82 bits per heavy atom. The molecule has 0 bridgehead atoms. The molecule has 0 aromatic heterocycles. The second-order valence-electron chi connectivity index (χ2n) is 3.87. The monoisotopic (exact) mass is 347 g/mol. The summed E-state index contributed by atoms with van der Waals surface area (Å²) in [6, 6.07) is 8.20. The Morgan fingerprint density at radius 1 is 1.24 bits per heavy atom. The first kappa shape index (κ1) is 14.0. The molecule has 0 saturated heterocycles. The number of ether oxygens (including phenoxy) is 1. The highest BCUT2D eigenvalue weighted by Gasteiger charge is 2.22. The summed E-state index contributed by atoms with van der Waals surface area (Å²) in [6.07, 6.45) is -0.611. The molecule has 1 rings (SSSR count). The van der Waals surface area contributed by atoms with Gasteiger partial charge in [-0.25, -0.2) is 4.79 Å². The van der Waals surface area contributed by atoms with Crippen molar-refractivity contribution in [2.24, 2.45) is 5.92 Å². The maximum atomic E-state index is 11.5. The molecule has 0 saturated carbocycles. The minimum Gasteiger partial charge on any atom is -0.410 e. The predicted molar refractivity (Wildman–Crippen MR) is 73.3 cm³/mol. The van der Waals surface area contributed by atoms with E-state index in [0.717, 1.165) is 0 Å². The standard InChI is InChI=1S/C12H14INO3/c1-8(2)10(11(13)15)14-12(16)17-9-6-4-3-5-7-9/h3-8,10H,1-2H3,(H,14,16)/t10-/m0/s1. The zero-order valence-electron chi connectivity index (χ0n) is 9.64. The quantitative estimate of drug-likeness (QED) is 0.673. The third kappa shape index (κ3) is 4.72. The van der Waals surface area contributed by atoms with Gasteiger partial charge in [-0.2, -0.15) is 0 Å². The van der Waals surface area contributed by atoms with Crippen molar-refractivity contribution in [1.82, 2.24) is 5.32 Å². The van der Waals surface area contributed by atoms with Crippen molar-refractivity contribution >= 4 is 32.5 Å². The normalized spacial score (nSPS) is 12.0. The summed E-state index contributed by atoms with van der Waals surface area (Å²) in [6.45, 7) is 3.73. The lowest BCUT2D eigenvalue weighted by Gasteiger charge is -2.18. The molecule has 17 heavy (non-hydrogen) atoms. The highest BCUT2D eigenvalue weighted by molar-refractivity contribution is 14.1. The van der Waals surface area contributed by atoms with E-state index in [2.05, 4.69) is 5.32 Å². The van der Waals surface area contributed by atoms with Gasteiger partial charge in [-0.05, 0) is 18.1 Å². The van der Waals surface area contributed by atoms with Gasteiger partial charge in [0.25, 0.3) is 0 Å². The average Bonchev–Trinajstić information content (AvgIpc) is 2.26. The van der Waals surface area contributed by atoms with E-state index in [4.69, 9.17) is 4.74 Å². The first-order valence-corrected chi connectivity index (χ1v) is 6.31. The van der Waals surface area contributed by atoms with Crippen LogP contribution in [0.2, 0.25) is 0 Å². The maximum Gasteiger partial charge on any atom is 0.413 e. The summed E-state index contributed by atoms with van der Waals surface area (Å²) >= 11 is 1.67. The van der Waals surface area contributed by atoms with Gasteiger partial charge >= 0.3 is 6.09 Å².